The third-order valence-electron chi connectivity index (χ3n) is 4.22. The van der Waals surface area contributed by atoms with Gasteiger partial charge in [-0.3, -0.25) is 0 Å². The maximum absolute atomic E-state index is 11.8. The molecule has 0 aromatic heterocycles. The topological polar surface area (TPSA) is 104 Å². The highest BCUT2D eigenvalue weighted by Crippen LogP contribution is 2.41. The van der Waals surface area contributed by atoms with E-state index in [1.54, 1.807) is 0 Å². The zero-order chi connectivity index (χ0) is 27.2. The minimum absolute atomic E-state index is 0.345. The molecule has 0 bridgehead atoms. The molecule has 0 spiro atoms. The molecule has 0 radical (unpaired) electrons. The van der Waals surface area contributed by atoms with Gasteiger partial charge in [0.1, 0.15) is 11.2 Å². The molecule has 0 unspecified atom stereocenters. The van der Waals surface area contributed by atoms with Crippen LogP contribution in [-0.2, 0) is 9.47 Å². The average molecular weight is 576 g/mol. The standard InChI is InChI=1S/C26H43BrN2O7/c1-8-9-14-32-20-17-19(27)18-21(33-15-10-12-28-23(30)35-25(2,3)4)22(20)34-16-11-13-29-24(31)36-26(5,6)7/h17-18H,8-16H2,1-7H3,(H,28,30)(H,29,31). The van der Waals surface area contributed by atoms with Crippen LogP contribution in [0.5, 0.6) is 17.2 Å². The van der Waals surface area contributed by atoms with E-state index in [1.165, 1.54) is 0 Å². The van der Waals surface area contributed by atoms with E-state index in [0.717, 1.165) is 17.3 Å². The number of unbranched alkanes of at least 4 members (excludes halogenated alkanes) is 1. The van der Waals surface area contributed by atoms with Gasteiger partial charge < -0.3 is 34.3 Å². The van der Waals surface area contributed by atoms with Crippen LogP contribution in [0, 0.1) is 0 Å². The van der Waals surface area contributed by atoms with Crippen molar-refractivity contribution >= 4 is 28.1 Å². The Bertz CT molecular complexity index is 820. The van der Waals surface area contributed by atoms with Gasteiger partial charge in [-0.05, 0) is 72.9 Å². The van der Waals surface area contributed by atoms with Gasteiger partial charge in [0.05, 0.1) is 19.8 Å². The molecule has 0 heterocycles. The summed E-state index contributed by atoms with van der Waals surface area (Å²) in [5.74, 6) is 1.62. The summed E-state index contributed by atoms with van der Waals surface area (Å²) in [6.45, 7) is 15.1. The highest BCUT2D eigenvalue weighted by molar-refractivity contribution is 9.10. The number of rotatable bonds is 14. The normalized spacial score (nSPS) is 11.4. The van der Waals surface area contributed by atoms with Crippen LogP contribution in [0.2, 0.25) is 0 Å². The molecule has 1 rings (SSSR count). The number of hydrogen-bond acceptors (Lipinski definition) is 7. The molecule has 10 heteroatoms. The van der Waals surface area contributed by atoms with Gasteiger partial charge >= 0.3 is 12.2 Å². The van der Waals surface area contributed by atoms with E-state index in [-0.39, 0.29) is 0 Å². The van der Waals surface area contributed by atoms with Crippen molar-refractivity contribution in [3.63, 3.8) is 0 Å². The minimum Gasteiger partial charge on any atom is -0.490 e. The summed E-state index contributed by atoms with van der Waals surface area (Å²) in [5, 5.41) is 5.44. The van der Waals surface area contributed by atoms with Gasteiger partial charge in [-0.15, -0.1) is 0 Å². The second-order valence-electron chi connectivity index (χ2n) is 10.2. The monoisotopic (exact) mass is 574 g/mol. The fourth-order valence-corrected chi connectivity index (χ4v) is 3.15. The summed E-state index contributed by atoms with van der Waals surface area (Å²) in [4.78, 5) is 23.6. The van der Waals surface area contributed by atoms with Crippen LogP contribution >= 0.6 is 15.9 Å². The van der Waals surface area contributed by atoms with Crippen LogP contribution in [0.15, 0.2) is 16.6 Å². The van der Waals surface area contributed by atoms with Gasteiger partial charge in [0.2, 0.25) is 5.75 Å². The van der Waals surface area contributed by atoms with E-state index in [9.17, 15) is 9.59 Å². The van der Waals surface area contributed by atoms with Crippen molar-refractivity contribution < 1.29 is 33.3 Å². The van der Waals surface area contributed by atoms with Crippen LogP contribution in [0.1, 0.15) is 74.1 Å². The molecule has 0 saturated heterocycles. The van der Waals surface area contributed by atoms with E-state index in [4.69, 9.17) is 23.7 Å². The summed E-state index contributed by atoms with van der Waals surface area (Å²) >= 11 is 3.51. The third-order valence-corrected chi connectivity index (χ3v) is 4.68. The molecular formula is C26H43BrN2O7. The summed E-state index contributed by atoms with van der Waals surface area (Å²) in [6.07, 6.45) is 2.16. The number of hydrogen-bond donors (Lipinski definition) is 2. The second kappa shape index (κ2) is 15.7. The van der Waals surface area contributed by atoms with Crippen molar-refractivity contribution in [1.29, 1.82) is 0 Å². The summed E-state index contributed by atoms with van der Waals surface area (Å²) in [6, 6.07) is 3.67. The Morgan fingerprint density at radius 2 is 1.17 bits per heavy atom. The van der Waals surface area contributed by atoms with Crippen LogP contribution in [0.4, 0.5) is 9.59 Å². The molecule has 0 atom stereocenters. The van der Waals surface area contributed by atoms with Gasteiger partial charge in [0.25, 0.3) is 0 Å². The minimum atomic E-state index is -0.544. The van der Waals surface area contributed by atoms with E-state index < -0.39 is 23.4 Å². The molecule has 206 valence electrons. The van der Waals surface area contributed by atoms with Crippen molar-refractivity contribution in [2.75, 3.05) is 32.9 Å². The zero-order valence-corrected chi connectivity index (χ0v) is 24.3. The highest BCUT2D eigenvalue weighted by Gasteiger charge is 2.18. The quantitative estimate of drug-likeness (QED) is 0.254. The lowest BCUT2D eigenvalue weighted by Crippen LogP contribution is -2.33. The number of amides is 2. The van der Waals surface area contributed by atoms with Gasteiger partial charge in [-0.2, -0.15) is 0 Å². The lowest BCUT2D eigenvalue weighted by Gasteiger charge is -2.20. The maximum atomic E-state index is 11.8. The van der Waals surface area contributed by atoms with Gasteiger partial charge in [0, 0.05) is 17.6 Å². The second-order valence-corrected chi connectivity index (χ2v) is 11.1. The highest BCUT2D eigenvalue weighted by atomic mass is 79.9. The van der Waals surface area contributed by atoms with E-state index in [2.05, 4.69) is 33.5 Å². The van der Waals surface area contributed by atoms with Gasteiger partial charge in [0.15, 0.2) is 11.5 Å². The number of nitrogens with one attached hydrogen (secondary N) is 2. The SMILES string of the molecule is CCCCOc1cc(Br)cc(OCCCNC(=O)OC(C)(C)C)c1OCCCNC(=O)OC(C)(C)C. The number of halogens is 1. The smallest absolute Gasteiger partial charge is 0.407 e. The fourth-order valence-electron chi connectivity index (χ4n) is 2.74. The van der Waals surface area contributed by atoms with Gasteiger partial charge in [-0.25, -0.2) is 9.59 Å². The zero-order valence-electron chi connectivity index (χ0n) is 22.8. The van der Waals surface area contributed by atoms with Crippen molar-refractivity contribution in [2.45, 2.75) is 85.4 Å². The number of carbonyl (C=O) groups is 2. The summed E-state index contributed by atoms with van der Waals surface area (Å²) in [5.41, 5.74) is -1.09. The Labute approximate surface area is 224 Å². The first kappa shape index (κ1) is 31.7. The van der Waals surface area contributed by atoms with Crippen LogP contribution in [0.25, 0.3) is 0 Å². The molecule has 2 N–H and O–H groups in total. The van der Waals surface area contributed by atoms with E-state index >= 15 is 0 Å². The van der Waals surface area contributed by atoms with Crippen LogP contribution < -0.4 is 24.8 Å². The maximum Gasteiger partial charge on any atom is 0.407 e. The lowest BCUT2D eigenvalue weighted by molar-refractivity contribution is 0.0513. The molecule has 0 saturated carbocycles. The molecule has 2 amide bonds. The molecule has 9 nitrogen and oxygen atoms in total. The molecule has 36 heavy (non-hydrogen) atoms. The molecule has 0 aliphatic carbocycles. The fraction of sp³-hybridized carbons (Fsp3) is 0.692. The lowest BCUT2D eigenvalue weighted by atomic mass is 10.2. The molecular weight excluding hydrogens is 532 g/mol. The summed E-state index contributed by atoms with van der Waals surface area (Å²) in [7, 11) is 0. The predicted molar refractivity (Wildman–Crippen MR) is 143 cm³/mol. The molecule has 0 aliphatic rings. The molecule has 1 aromatic carbocycles. The Morgan fingerprint density at radius 3 is 1.58 bits per heavy atom. The average Bonchev–Trinajstić information content (AvgIpc) is 2.72. The van der Waals surface area contributed by atoms with E-state index in [0.29, 0.717) is 63.0 Å². The van der Waals surface area contributed by atoms with Crippen molar-refractivity contribution in [3.05, 3.63) is 16.6 Å². The molecule has 1 aromatic rings. The first-order valence-corrected chi connectivity index (χ1v) is 13.3. The Kier molecular flexibility index (Phi) is 13.8. The predicted octanol–water partition coefficient (Wildman–Crippen LogP) is 6.22. The molecule has 0 fully saturated rings. The van der Waals surface area contributed by atoms with E-state index in [1.807, 2.05) is 53.7 Å². The Balaban J connectivity index is 2.68. The first-order chi connectivity index (χ1) is 16.8. The number of alkyl carbamates (subject to hydrolysis) is 2. The number of carbonyl (C=O) groups excluding carboxylic acids is 2. The van der Waals surface area contributed by atoms with Crippen molar-refractivity contribution in [3.8, 4) is 17.2 Å². The largest absolute Gasteiger partial charge is 0.490 e. The van der Waals surface area contributed by atoms with Crippen LogP contribution in [-0.4, -0.2) is 56.3 Å². The van der Waals surface area contributed by atoms with Crippen molar-refractivity contribution in [2.24, 2.45) is 0 Å². The number of benzene rings is 1. The van der Waals surface area contributed by atoms with Crippen LogP contribution in [0.3, 0.4) is 0 Å². The third kappa shape index (κ3) is 14.9. The molecule has 0 aliphatic heterocycles. The van der Waals surface area contributed by atoms with Gasteiger partial charge in [-0.1, -0.05) is 29.3 Å². The Morgan fingerprint density at radius 1 is 0.750 bits per heavy atom. The first-order valence-electron chi connectivity index (χ1n) is 12.5. The Hall–Kier alpha value is -2.36. The number of ether oxygens (including phenoxy) is 5. The summed E-state index contributed by atoms with van der Waals surface area (Å²) < 4.78 is 29.2. The van der Waals surface area contributed by atoms with Crippen molar-refractivity contribution in [1.82, 2.24) is 10.6 Å².